The standard InChI is InChI=1S/C21H21BrN2O3/c1-4-27-19-8-5-14(10-20(19)26-3)12-23-21(25)17-9-13(2)24-18-7-6-15(22)11-16(17)18/h5-11H,4,12H2,1-3H3,(H,23,25). The molecule has 0 aliphatic heterocycles. The van der Waals surface area contributed by atoms with Crippen LogP contribution in [0.2, 0.25) is 0 Å². The van der Waals surface area contributed by atoms with Crippen molar-refractivity contribution < 1.29 is 14.3 Å². The molecule has 0 saturated heterocycles. The summed E-state index contributed by atoms with van der Waals surface area (Å²) in [5.74, 6) is 1.20. The van der Waals surface area contributed by atoms with Crippen molar-refractivity contribution in [1.29, 1.82) is 0 Å². The van der Waals surface area contributed by atoms with Crippen LogP contribution in [-0.4, -0.2) is 24.6 Å². The van der Waals surface area contributed by atoms with Gasteiger partial charge in [0.1, 0.15) is 0 Å². The third-order valence-electron chi connectivity index (χ3n) is 4.12. The largest absolute Gasteiger partial charge is 0.493 e. The topological polar surface area (TPSA) is 60.5 Å². The maximum Gasteiger partial charge on any atom is 0.252 e. The summed E-state index contributed by atoms with van der Waals surface area (Å²) in [6.07, 6.45) is 0. The van der Waals surface area contributed by atoms with E-state index in [2.05, 4.69) is 26.2 Å². The Hall–Kier alpha value is -2.60. The van der Waals surface area contributed by atoms with Gasteiger partial charge < -0.3 is 14.8 Å². The number of hydrogen-bond acceptors (Lipinski definition) is 4. The van der Waals surface area contributed by atoms with E-state index in [-0.39, 0.29) is 5.91 Å². The molecule has 1 amide bonds. The Morgan fingerprint density at radius 1 is 1.15 bits per heavy atom. The highest BCUT2D eigenvalue weighted by Gasteiger charge is 2.13. The zero-order valence-corrected chi connectivity index (χ0v) is 17.1. The summed E-state index contributed by atoms with van der Waals surface area (Å²) in [6.45, 7) is 4.76. The maximum atomic E-state index is 12.8. The van der Waals surface area contributed by atoms with Crippen molar-refractivity contribution in [2.45, 2.75) is 20.4 Å². The number of ether oxygens (including phenoxy) is 2. The lowest BCUT2D eigenvalue weighted by atomic mass is 10.1. The van der Waals surface area contributed by atoms with E-state index in [9.17, 15) is 4.79 Å². The van der Waals surface area contributed by atoms with Crippen molar-refractivity contribution in [1.82, 2.24) is 10.3 Å². The van der Waals surface area contributed by atoms with Gasteiger partial charge >= 0.3 is 0 Å². The van der Waals surface area contributed by atoms with Gasteiger partial charge in [0.15, 0.2) is 11.5 Å². The fourth-order valence-corrected chi connectivity index (χ4v) is 3.25. The van der Waals surface area contributed by atoms with Gasteiger partial charge in [0.2, 0.25) is 0 Å². The highest BCUT2D eigenvalue weighted by molar-refractivity contribution is 9.10. The predicted octanol–water partition coefficient (Wildman–Crippen LogP) is 4.64. The highest BCUT2D eigenvalue weighted by atomic mass is 79.9. The number of nitrogens with zero attached hydrogens (tertiary/aromatic N) is 1. The molecule has 140 valence electrons. The number of amides is 1. The van der Waals surface area contributed by atoms with Crippen LogP contribution in [0.4, 0.5) is 0 Å². The van der Waals surface area contributed by atoms with Crippen LogP contribution in [-0.2, 0) is 6.54 Å². The molecular formula is C21H21BrN2O3. The van der Waals surface area contributed by atoms with Crippen molar-refractivity contribution in [3.63, 3.8) is 0 Å². The molecular weight excluding hydrogens is 408 g/mol. The Kier molecular flexibility index (Phi) is 5.96. The van der Waals surface area contributed by atoms with E-state index in [1.54, 1.807) is 7.11 Å². The summed E-state index contributed by atoms with van der Waals surface area (Å²) in [4.78, 5) is 17.3. The Balaban J connectivity index is 1.82. The smallest absolute Gasteiger partial charge is 0.252 e. The summed E-state index contributed by atoms with van der Waals surface area (Å²) in [7, 11) is 1.60. The second-order valence-electron chi connectivity index (χ2n) is 6.07. The van der Waals surface area contributed by atoms with E-state index in [0.29, 0.717) is 30.2 Å². The number of aromatic nitrogens is 1. The van der Waals surface area contributed by atoms with Gasteiger partial charge in [-0.25, -0.2) is 0 Å². The monoisotopic (exact) mass is 428 g/mol. The van der Waals surface area contributed by atoms with Gasteiger partial charge in [-0.05, 0) is 55.8 Å². The molecule has 2 aromatic carbocycles. The number of pyridine rings is 1. The average molecular weight is 429 g/mol. The third kappa shape index (κ3) is 4.39. The molecule has 0 radical (unpaired) electrons. The van der Waals surface area contributed by atoms with Crippen LogP contribution in [0.25, 0.3) is 10.9 Å². The number of rotatable bonds is 6. The Morgan fingerprint density at radius 2 is 1.96 bits per heavy atom. The minimum Gasteiger partial charge on any atom is -0.493 e. The summed E-state index contributed by atoms with van der Waals surface area (Å²) in [5, 5.41) is 3.79. The molecule has 0 aliphatic carbocycles. The quantitative estimate of drug-likeness (QED) is 0.620. The average Bonchev–Trinajstić information content (AvgIpc) is 2.66. The zero-order valence-electron chi connectivity index (χ0n) is 15.5. The van der Waals surface area contributed by atoms with Gasteiger partial charge in [-0.1, -0.05) is 22.0 Å². The van der Waals surface area contributed by atoms with Crippen LogP contribution in [0.15, 0.2) is 46.9 Å². The van der Waals surface area contributed by atoms with E-state index in [1.807, 2.05) is 56.3 Å². The highest BCUT2D eigenvalue weighted by Crippen LogP contribution is 2.28. The van der Waals surface area contributed by atoms with Crippen molar-refractivity contribution in [3.05, 3.63) is 63.8 Å². The van der Waals surface area contributed by atoms with Crippen molar-refractivity contribution in [2.24, 2.45) is 0 Å². The normalized spacial score (nSPS) is 10.7. The molecule has 5 nitrogen and oxygen atoms in total. The lowest BCUT2D eigenvalue weighted by molar-refractivity contribution is 0.0952. The number of hydrogen-bond donors (Lipinski definition) is 1. The van der Waals surface area contributed by atoms with E-state index in [0.717, 1.165) is 26.6 Å². The minimum absolute atomic E-state index is 0.142. The zero-order chi connectivity index (χ0) is 19.4. The number of carbonyl (C=O) groups is 1. The molecule has 0 fully saturated rings. The Morgan fingerprint density at radius 3 is 2.70 bits per heavy atom. The molecule has 3 aromatic rings. The molecule has 0 saturated carbocycles. The number of aryl methyl sites for hydroxylation is 1. The van der Waals surface area contributed by atoms with Gasteiger partial charge in [0.05, 0.1) is 24.8 Å². The van der Waals surface area contributed by atoms with Crippen LogP contribution >= 0.6 is 15.9 Å². The Labute approximate surface area is 166 Å². The molecule has 0 aliphatic rings. The van der Waals surface area contributed by atoms with Gasteiger partial charge in [-0.2, -0.15) is 0 Å². The number of methoxy groups -OCH3 is 1. The number of carbonyl (C=O) groups excluding carboxylic acids is 1. The van der Waals surface area contributed by atoms with Gasteiger partial charge in [0.25, 0.3) is 5.91 Å². The van der Waals surface area contributed by atoms with Crippen molar-refractivity contribution >= 4 is 32.7 Å². The number of benzene rings is 2. The number of fused-ring (bicyclic) bond motifs is 1. The van der Waals surface area contributed by atoms with Crippen LogP contribution in [0, 0.1) is 6.92 Å². The molecule has 0 bridgehead atoms. The minimum atomic E-state index is -0.142. The molecule has 3 rings (SSSR count). The van der Waals surface area contributed by atoms with Crippen molar-refractivity contribution in [3.8, 4) is 11.5 Å². The number of halogens is 1. The first-order valence-corrected chi connectivity index (χ1v) is 9.46. The molecule has 6 heteroatoms. The first kappa shape index (κ1) is 19.2. The molecule has 0 atom stereocenters. The van der Waals surface area contributed by atoms with Crippen LogP contribution in [0.1, 0.15) is 28.5 Å². The summed E-state index contributed by atoms with van der Waals surface area (Å²) in [6, 6.07) is 13.2. The van der Waals surface area contributed by atoms with Gasteiger partial charge in [-0.3, -0.25) is 9.78 Å². The fraction of sp³-hybridized carbons (Fsp3) is 0.238. The molecule has 1 aromatic heterocycles. The summed E-state index contributed by atoms with van der Waals surface area (Å²) in [5.41, 5.74) is 3.14. The maximum absolute atomic E-state index is 12.8. The Bertz CT molecular complexity index is 989. The lowest BCUT2D eigenvalue weighted by Crippen LogP contribution is -2.23. The predicted molar refractivity (Wildman–Crippen MR) is 110 cm³/mol. The lowest BCUT2D eigenvalue weighted by Gasteiger charge is -2.12. The second-order valence-corrected chi connectivity index (χ2v) is 6.99. The van der Waals surface area contributed by atoms with Crippen LogP contribution in [0.5, 0.6) is 11.5 Å². The first-order chi connectivity index (χ1) is 13.0. The van der Waals surface area contributed by atoms with E-state index in [4.69, 9.17) is 9.47 Å². The molecule has 27 heavy (non-hydrogen) atoms. The summed E-state index contributed by atoms with van der Waals surface area (Å²) >= 11 is 3.46. The third-order valence-corrected chi connectivity index (χ3v) is 4.62. The van der Waals surface area contributed by atoms with E-state index >= 15 is 0 Å². The second kappa shape index (κ2) is 8.39. The van der Waals surface area contributed by atoms with Gasteiger partial charge in [-0.15, -0.1) is 0 Å². The number of nitrogens with one attached hydrogen (secondary N) is 1. The van der Waals surface area contributed by atoms with Crippen molar-refractivity contribution in [2.75, 3.05) is 13.7 Å². The van der Waals surface area contributed by atoms with Crippen LogP contribution < -0.4 is 14.8 Å². The SMILES string of the molecule is CCOc1ccc(CNC(=O)c2cc(C)nc3ccc(Br)cc23)cc1OC. The van der Waals surface area contributed by atoms with Crippen LogP contribution in [0.3, 0.4) is 0 Å². The molecule has 0 spiro atoms. The van der Waals surface area contributed by atoms with E-state index in [1.165, 1.54) is 0 Å². The molecule has 1 N–H and O–H groups in total. The molecule has 1 heterocycles. The van der Waals surface area contributed by atoms with E-state index < -0.39 is 0 Å². The molecule has 0 unspecified atom stereocenters. The van der Waals surface area contributed by atoms with Gasteiger partial charge in [0, 0.05) is 22.1 Å². The first-order valence-electron chi connectivity index (χ1n) is 8.66. The fourth-order valence-electron chi connectivity index (χ4n) is 2.89. The summed E-state index contributed by atoms with van der Waals surface area (Å²) < 4.78 is 11.8.